The van der Waals surface area contributed by atoms with Gasteiger partial charge in [-0.1, -0.05) is 23.2 Å². The highest BCUT2D eigenvalue weighted by atomic mass is 79.9. The highest BCUT2D eigenvalue weighted by molar-refractivity contribution is 9.13. The molecule has 13 heteroatoms. The zero-order chi connectivity index (χ0) is 24.3. The van der Waals surface area contributed by atoms with Crippen LogP contribution in [0.15, 0.2) is 45.6 Å². The minimum absolute atomic E-state index is 0.0249. The van der Waals surface area contributed by atoms with E-state index in [2.05, 4.69) is 57.7 Å². The fourth-order valence-corrected chi connectivity index (χ4v) is 4.21. The minimum Gasteiger partial charge on any atom is -0.452 e. The molecule has 0 atom stereocenters. The second kappa shape index (κ2) is 10.6. The number of halogens is 4. The van der Waals surface area contributed by atoms with E-state index in [0.717, 1.165) is 7.11 Å². The molecule has 0 saturated carbocycles. The molecule has 3 amide bonds. The van der Waals surface area contributed by atoms with E-state index < -0.39 is 17.9 Å². The fourth-order valence-electron chi connectivity index (χ4n) is 2.86. The van der Waals surface area contributed by atoms with Crippen LogP contribution in [0.25, 0.3) is 5.82 Å². The summed E-state index contributed by atoms with van der Waals surface area (Å²) in [5.74, 6) is -0.940. The Morgan fingerprint density at radius 1 is 1.09 bits per heavy atom. The monoisotopic (exact) mass is 617 g/mol. The molecule has 0 saturated heterocycles. The van der Waals surface area contributed by atoms with Crippen LogP contribution >= 0.6 is 55.1 Å². The molecule has 0 bridgehead atoms. The van der Waals surface area contributed by atoms with E-state index >= 15 is 0 Å². The Bertz CT molecular complexity index is 1270. The number of aromatic nitrogens is 2. The van der Waals surface area contributed by atoms with E-state index in [9.17, 15) is 14.4 Å². The van der Waals surface area contributed by atoms with Crippen molar-refractivity contribution in [2.24, 2.45) is 0 Å². The fraction of sp³-hybridized carbons (Fsp3) is 0.100. The molecule has 172 valence electrons. The van der Waals surface area contributed by atoms with Crippen molar-refractivity contribution in [3.8, 4) is 5.82 Å². The van der Waals surface area contributed by atoms with Crippen LogP contribution in [0.4, 0.5) is 10.5 Å². The maximum Gasteiger partial charge on any atom is 0.425 e. The van der Waals surface area contributed by atoms with Crippen LogP contribution < -0.4 is 16.2 Å². The molecule has 0 fully saturated rings. The topological polar surface area (TPSA) is 114 Å². The molecule has 3 N–H and O–H groups in total. The highest BCUT2D eigenvalue weighted by Crippen LogP contribution is 2.33. The highest BCUT2D eigenvalue weighted by Gasteiger charge is 2.24. The third kappa shape index (κ3) is 5.49. The van der Waals surface area contributed by atoms with E-state index in [4.69, 9.17) is 23.2 Å². The standard InChI is InChI=1S/C20H15Br2Cl2N5O4/c1-9-6-10(23)7-11(18(30)27-28-20(32)33-2)15(9)26-19(31)14-8-12(21)16(22)29(14)17-13(24)4-3-5-25-17/h3-8H,1-2H3,(H,26,31)(H,27,30)(H,28,32). The molecular formula is C20H15Br2Cl2N5O4. The lowest BCUT2D eigenvalue weighted by Crippen LogP contribution is -2.41. The van der Waals surface area contributed by atoms with Crippen molar-refractivity contribution in [2.45, 2.75) is 6.92 Å². The largest absolute Gasteiger partial charge is 0.452 e. The number of hydrazine groups is 1. The van der Waals surface area contributed by atoms with Gasteiger partial charge in [0.15, 0.2) is 5.82 Å². The molecule has 0 unspecified atom stereocenters. The van der Waals surface area contributed by atoms with Gasteiger partial charge in [0, 0.05) is 11.2 Å². The third-order valence-electron chi connectivity index (χ3n) is 4.33. The Morgan fingerprint density at radius 2 is 1.82 bits per heavy atom. The normalized spacial score (nSPS) is 10.5. The lowest BCUT2D eigenvalue weighted by molar-refractivity contribution is 0.0921. The average Bonchev–Trinajstić information content (AvgIpc) is 3.08. The number of nitrogens with zero attached hydrogens (tertiary/aromatic N) is 2. The van der Waals surface area contributed by atoms with Crippen LogP contribution in [-0.2, 0) is 4.74 Å². The number of pyridine rings is 1. The maximum atomic E-state index is 13.3. The van der Waals surface area contributed by atoms with Gasteiger partial charge in [0.05, 0.1) is 27.9 Å². The van der Waals surface area contributed by atoms with Crippen LogP contribution in [0.1, 0.15) is 26.4 Å². The molecule has 0 radical (unpaired) electrons. The van der Waals surface area contributed by atoms with Gasteiger partial charge in [-0.15, -0.1) is 0 Å². The molecule has 0 aliphatic carbocycles. The van der Waals surface area contributed by atoms with E-state index in [1.54, 1.807) is 37.4 Å². The van der Waals surface area contributed by atoms with E-state index in [1.165, 1.54) is 10.6 Å². The first kappa shape index (κ1) is 25.0. The third-order valence-corrected chi connectivity index (χ3v) is 6.76. The summed E-state index contributed by atoms with van der Waals surface area (Å²) in [6, 6.07) is 7.84. The summed E-state index contributed by atoms with van der Waals surface area (Å²) in [6.07, 6.45) is 0.677. The smallest absolute Gasteiger partial charge is 0.425 e. The molecule has 2 heterocycles. The SMILES string of the molecule is COC(=O)NNC(=O)c1cc(Cl)cc(C)c1NC(=O)c1cc(Br)c(Br)n1-c1ncccc1Cl. The van der Waals surface area contributed by atoms with E-state index in [1.807, 2.05) is 0 Å². The summed E-state index contributed by atoms with van der Waals surface area (Å²) in [7, 11) is 1.15. The number of carbonyl (C=O) groups excluding carboxylic acids is 3. The molecule has 33 heavy (non-hydrogen) atoms. The number of anilines is 1. The number of hydrogen-bond donors (Lipinski definition) is 3. The lowest BCUT2D eigenvalue weighted by Gasteiger charge is -2.16. The van der Waals surface area contributed by atoms with Crippen molar-refractivity contribution in [2.75, 3.05) is 12.4 Å². The van der Waals surface area contributed by atoms with Crippen LogP contribution in [0.3, 0.4) is 0 Å². The number of aryl methyl sites for hydroxylation is 1. The number of amides is 3. The second-order valence-corrected chi connectivity index (χ2v) is 8.93. The number of carbonyl (C=O) groups is 3. The number of nitrogens with one attached hydrogen (secondary N) is 3. The maximum absolute atomic E-state index is 13.3. The van der Waals surface area contributed by atoms with Crippen molar-refractivity contribution >= 4 is 78.7 Å². The summed E-state index contributed by atoms with van der Waals surface area (Å²) in [4.78, 5) is 41.5. The van der Waals surface area contributed by atoms with Gasteiger partial charge in [0.1, 0.15) is 10.3 Å². The van der Waals surface area contributed by atoms with Crippen LogP contribution in [0.5, 0.6) is 0 Å². The lowest BCUT2D eigenvalue weighted by atomic mass is 10.1. The Kier molecular flexibility index (Phi) is 8.01. The molecule has 2 aromatic heterocycles. The van der Waals surface area contributed by atoms with Gasteiger partial charge in [0.2, 0.25) is 0 Å². The summed E-state index contributed by atoms with van der Waals surface area (Å²) < 4.78 is 7.05. The molecule has 1 aromatic carbocycles. The minimum atomic E-state index is -0.868. The van der Waals surface area contributed by atoms with Crippen LogP contribution in [0.2, 0.25) is 10.0 Å². The zero-order valence-electron chi connectivity index (χ0n) is 17.0. The zero-order valence-corrected chi connectivity index (χ0v) is 21.7. The molecule has 0 aliphatic heterocycles. The van der Waals surface area contributed by atoms with Crippen molar-refractivity contribution in [1.82, 2.24) is 20.4 Å². The Hall–Kier alpha value is -2.60. The first-order valence-electron chi connectivity index (χ1n) is 9.07. The van der Waals surface area contributed by atoms with Gasteiger partial charge < -0.3 is 10.1 Å². The van der Waals surface area contributed by atoms with Crippen LogP contribution in [-0.4, -0.2) is 34.6 Å². The second-order valence-electron chi connectivity index (χ2n) is 6.48. The molecular weight excluding hydrogens is 605 g/mol. The van der Waals surface area contributed by atoms with Crippen molar-refractivity contribution in [3.63, 3.8) is 0 Å². The predicted octanol–water partition coefficient (Wildman–Crippen LogP) is 5.27. The first-order valence-corrected chi connectivity index (χ1v) is 11.4. The number of ether oxygens (including phenoxy) is 1. The Labute approximate surface area is 215 Å². The summed E-state index contributed by atoms with van der Waals surface area (Å²) >= 11 is 19.2. The van der Waals surface area contributed by atoms with Crippen LogP contribution in [0, 0.1) is 6.92 Å². The Morgan fingerprint density at radius 3 is 2.48 bits per heavy atom. The van der Waals surface area contributed by atoms with Crippen molar-refractivity contribution in [1.29, 1.82) is 0 Å². The van der Waals surface area contributed by atoms with Gasteiger partial charge in [-0.25, -0.2) is 15.2 Å². The van der Waals surface area contributed by atoms with E-state index in [-0.39, 0.29) is 22.0 Å². The Balaban J connectivity index is 2.01. The van der Waals surface area contributed by atoms with Gasteiger partial charge in [0.25, 0.3) is 11.8 Å². The number of rotatable bonds is 4. The molecule has 3 aromatic rings. The molecule has 0 aliphatic rings. The number of methoxy groups -OCH3 is 1. The van der Waals surface area contributed by atoms with Crippen molar-refractivity contribution < 1.29 is 19.1 Å². The molecule has 9 nitrogen and oxygen atoms in total. The summed E-state index contributed by atoms with van der Waals surface area (Å²) in [5.41, 5.74) is 5.19. The summed E-state index contributed by atoms with van der Waals surface area (Å²) in [5, 5.41) is 3.33. The first-order chi connectivity index (χ1) is 15.6. The molecule has 3 rings (SSSR count). The van der Waals surface area contributed by atoms with Crippen molar-refractivity contribution in [3.05, 3.63) is 72.5 Å². The van der Waals surface area contributed by atoms with Gasteiger partial charge in [-0.05, 0) is 74.7 Å². The quantitative estimate of drug-likeness (QED) is 0.345. The average molecular weight is 620 g/mol. The number of hydrogen-bond acceptors (Lipinski definition) is 5. The van der Waals surface area contributed by atoms with Gasteiger partial charge in [-0.3, -0.25) is 19.6 Å². The summed E-state index contributed by atoms with van der Waals surface area (Å²) in [6.45, 7) is 1.67. The predicted molar refractivity (Wildman–Crippen MR) is 131 cm³/mol. The number of benzene rings is 1. The van der Waals surface area contributed by atoms with E-state index in [0.29, 0.717) is 25.5 Å². The van der Waals surface area contributed by atoms with Gasteiger partial charge in [-0.2, -0.15) is 0 Å². The molecule has 0 spiro atoms. The van der Waals surface area contributed by atoms with Gasteiger partial charge >= 0.3 is 6.09 Å².